The number of para-hydroxylation sites is 1. The highest BCUT2D eigenvalue weighted by molar-refractivity contribution is 6.07. The van der Waals surface area contributed by atoms with Gasteiger partial charge in [0.1, 0.15) is 0 Å². The molecule has 0 bridgehead atoms. The fourth-order valence-corrected chi connectivity index (χ4v) is 3.97. The maximum absolute atomic E-state index is 13.1. The Morgan fingerprint density at radius 2 is 2.00 bits per heavy atom. The number of fused-ring (bicyclic) bond motifs is 1. The molecule has 1 fully saturated rings. The number of hydrogen-bond donors (Lipinski definition) is 1. The molecule has 1 aliphatic rings. The smallest absolute Gasteiger partial charge is 0.252 e. The summed E-state index contributed by atoms with van der Waals surface area (Å²) in [5.74, 6) is -0.0404. The van der Waals surface area contributed by atoms with Crippen molar-refractivity contribution in [2.75, 3.05) is 19.6 Å². The Hall–Kier alpha value is -2.79. The topological polar surface area (TPSA) is 58.1 Å². The summed E-state index contributed by atoms with van der Waals surface area (Å²) in [6.45, 7) is 5.14. The molecule has 5 heteroatoms. The van der Waals surface area contributed by atoms with E-state index < -0.39 is 0 Å². The minimum Gasteiger partial charge on any atom is -0.350 e. The van der Waals surface area contributed by atoms with Crippen LogP contribution in [0.15, 0.2) is 54.9 Å². The molecule has 5 nitrogen and oxygen atoms in total. The molecule has 4 rings (SSSR count). The normalized spacial score (nSPS) is 15.6. The number of carbonyl (C=O) groups is 1. The van der Waals surface area contributed by atoms with Gasteiger partial charge in [0.15, 0.2) is 0 Å². The van der Waals surface area contributed by atoms with E-state index in [1.165, 1.54) is 12.8 Å². The van der Waals surface area contributed by atoms with Crippen LogP contribution in [0, 0.1) is 0 Å². The van der Waals surface area contributed by atoms with Gasteiger partial charge in [-0.05, 0) is 56.6 Å². The number of hydrogen-bond acceptors (Lipinski definition) is 4. The molecule has 1 amide bonds. The lowest BCUT2D eigenvalue weighted by molar-refractivity contribution is 0.0938. The highest BCUT2D eigenvalue weighted by Gasteiger charge is 2.21. The maximum Gasteiger partial charge on any atom is 0.252 e. The predicted molar refractivity (Wildman–Crippen MR) is 112 cm³/mol. The van der Waals surface area contributed by atoms with Crippen molar-refractivity contribution in [3.05, 3.63) is 60.4 Å². The number of carbonyl (C=O) groups excluding carboxylic acids is 1. The molecule has 28 heavy (non-hydrogen) atoms. The van der Waals surface area contributed by atoms with Crippen molar-refractivity contribution >= 4 is 16.8 Å². The number of aromatic nitrogens is 2. The van der Waals surface area contributed by atoms with Crippen LogP contribution in [0.3, 0.4) is 0 Å². The van der Waals surface area contributed by atoms with Gasteiger partial charge in [-0.25, -0.2) is 4.98 Å². The predicted octanol–water partition coefficient (Wildman–Crippen LogP) is 3.90. The monoisotopic (exact) mass is 374 g/mol. The van der Waals surface area contributed by atoms with Crippen LogP contribution >= 0.6 is 0 Å². The van der Waals surface area contributed by atoms with Gasteiger partial charge in [0.05, 0.1) is 16.8 Å². The summed E-state index contributed by atoms with van der Waals surface area (Å²) in [5, 5.41) is 4.05. The third-order valence-electron chi connectivity index (χ3n) is 5.54. The first-order chi connectivity index (χ1) is 13.8. The van der Waals surface area contributed by atoms with E-state index >= 15 is 0 Å². The summed E-state index contributed by atoms with van der Waals surface area (Å²) in [4.78, 5) is 24.5. The second-order valence-electron chi connectivity index (χ2n) is 7.33. The van der Waals surface area contributed by atoms with Gasteiger partial charge < -0.3 is 5.32 Å². The van der Waals surface area contributed by atoms with Gasteiger partial charge in [-0.15, -0.1) is 0 Å². The number of pyridine rings is 2. The molecule has 3 heterocycles. The number of nitrogens with zero attached hydrogens (tertiary/aromatic N) is 3. The molecule has 144 valence electrons. The van der Waals surface area contributed by atoms with E-state index in [9.17, 15) is 4.79 Å². The average molecular weight is 374 g/mol. The molecule has 0 spiro atoms. The van der Waals surface area contributed by atoms with Gasteiger partial charge >= 0.3 is 0 Å². The first-order valence-electron chi connectivity index (χ1n) is 10.1. The Balaban J connectivity index is 1.62. The summed E-state index contributed by atoms with van der Waals surface area (Å²) >= 11 is 0. The van der Waals surface area contributed by atoms with Crippen LogP contribution in [-0.4, -0.2) is 46.5 Å². The number of rotatable bonds is 6. The van der Waals surface area contributed by atoms with Crippen molar-refractivity contribution < 1.29 is 4.79 Å². The van der Waals surface area contributed by atoms with E-state index in [-0.39, 0.29) is 5.91 Å². The molecule has 1 aromatic carbocycles. The quantitative estimate of drug-likeness (QED) is 0.711. The van der Waals surface area contributed by atoms with Crippen LogP contribution in [0.5, 0.6) is 0 Å². The lowest BCUT2D eigenvalue weighted by atomic mass is 10.0. The highest BCUT2D eigenvalue weighted by atomic mass is 16.1. The van der Waals surface area contributed by atoms with Gasteiger partial charge in [0, 0.05) is 35.9 Å². The molecule has 1 saturated heterocycles. The zero-order valence-corrected chi connectivity index (χ0v) is 16.3. The van der Waals surface area contributed by atoms with E-state index in [0.29, 0.717) is 18.2 Å². The van der Waals surface area contributed by atoms with Crippen molar-refractivity contribution in [1.29, 1.82) is 0 Å². The third-order valence-corrected chi connectivity index (χ3v) is 5.54. The highest BCUT2D eigenvalue weighted by Crippen LogP contribution is 2.24. The van der Waals surface area contributed by atoms with Gasteiger partial charge in [-0.2, -0.15) is 0 Å². The Bertz CT molecular complexity index is 951. The number of amides is 1. The van der Waals surface area contributed by atoms with E-state index in [1.807, 2.05) is 42.5 Å². The molecular weight excluding hydrogens is 348 g/mol. The summed E-state index contributed by atoms with van der Waals surface area (Å²) in [5.41, 5.74) is 3.16. The molecule has 2 aromatic heterocycles. The molecule has 0 radical (unpaired) electrons. The van der Waals surface area contributed by atoms with Crippen molar-refractivity contribution in [1.82, 2.24) is 20.2 Å². The lowest BCUT2D eigenvalue weighted by Gasteiger charge is -2.26. The zero-order valence-electron chi connectivity index (χ0n) is 16.3. The summed E-state index contributed by atoms with van der Waals surface area (Å²) in [7, 11) is 0. The first-order valence-corrected chi connectivity index (χ1v) is 10.1. The fraction of sp³-hybridized carbons (Fsp3) is 0.348. The van der Waals surface area contributed by atoms with E-state index in [2.05, 4.69) is 22.1 Å². The van der Waals surface area contributed by atoms with Gasteiger partial charge in [-0.3, -0.25) is 14.7 Å². The maximum atomic E-state index is 13.1. The van der Waals surface area contributed by atoms with Crippen LogP contribution in [-0.2, 0) is 0 Å². The molecule has 1 unspecified atom stereocenters. The molecule has 1 N–H and O–H groups in total. The molecule has 3 aromatic rings. The van der Waals surface area contributed by atoms with E-state index in [1.54, 1.807) is 12.4 Å². The van der Waals surface area contributed by atoms with Crippen molar-refractivity contribution in [3.63, 3.8) is 0 Å². The van der Waals surface area contributed by atoms with Crippen LogP contribution in [0.1, 0.15) is 36.5 Å². The number of nitrogens with one attached hydrogen (secondary N) is 1. The average Bonchev–Trinajstić information content (AvgIpc) is 3.28. The summed E-state index contributed by atoms with van der Waals surface area (Å²) in [6.07, 6.45) is 7.07. The minimum atomic E-state index is -0.0404. The fourth-order valence-electron chi connectivity index (χ4n) is 3.97. The lowest BCUT2D eigenvalue weighted by Crippen LogP contribution is -2.42. The number of likely N-dealkylation sites (tertiary alicyclic amines) is 1. The Labute approximate surface area is 165 Å². The van der Waals surface area contributed by atoms with E-state index in [4.69, 9.17) is 4.98 Å². The van der Waals surface area contributed by atoms with Crippen molar-refractivity contribution in [3.8, 4) is 11.3 Å². The van der Waals surface area contributed by atoms with Crippen molar-refractivity contribution in [2.45, 2.75) is 32.2 Å². The molecule has 0 aliphatic carbocycles. The van der Waals surface area contributed by atoms with E-state index in [0.717, 1.165) is 41.7 Å². The van der Waals surface area contributed by atoms with Crippen molar-refractivity contribution in [2.24, 2.45) is 0 Å². The third kappa shape index (κ3) is 3.90. The van der Waals surface area contributed by atoms with Gasteiger partial charge in [0.2, 0.25) is 0 Å². The summed E-state index contributed by atoms with van der Waals surface area (Å²) in [6, 6.07) is 13.9. The van der Waals surface area contributed by atoms with Crippen LogP contribution < -0.4 is 5.32 Å². The van der Waals surface area contributed by atoms with Crippen LogP contribution in [0.4, 0.5) is 0 Å². The second-order valence-corrected chi connectivity index (χ2v) is 7.33. The molecule has 1 atom stereocenters. The standard InChI is InChI=1S/C23H26N4O/c1-2-18(27-12-5-6-13-27)16-25-23(28)20-14-22(17-8-7-11-24-15-17)26-21-10-4-3-9-19(20)21/h3-4,7-11,14-15,18H,2,5-6,12-13,16H2,1H3,(H,25,28). The van der Waals surface area contributed by atoms with Gasteiger partial charge in [-0.1, -0.05) is 25.1 Å². The first kappa shape index (κ1) is 18.6. The zero-order chi connectivity index (χ0) is 19.3. The largest absolute Gasteiger partial charge is 0.350 e. The molecule has 0 saturated carbocycles. The van der Waals surface area contributed by atoms with Crippen LogP contribution in [0.25, 0.3) is 22.2 Å². The Kier molecular flexibility index (Phi) is 5.63. The Morgan fingerprint density at radius 3 is 2.75 bits per heavy atom. The molecular formula is C23H26N4O. The second kappa shape index (κ2) is 8.48. The number of benzene rings is 1. The summed E-state index contributed by atoms with van der Waals surface area (Å²) < 4.78 is 0. The molecule has 1 aliphatic heterocycles. The van der Waals surface area contributed by atoms with Crippen LogP contribution in [0.2, 0.25) is 0 Å². The van der Waals surface area contributed by atoms with Gasteiger partial charge in [0.25, 0.3) is 5.91 Å². The SMILES string of the molecule is CCC(CNC(=O)c1cc(-c2cccnc2)nc2ccccc12)N1CCCC1. The minimum absolute atomic E-state index is 0.0404. The Morgan fingerprint density at radius 1 is 1.18 bits per heavy atom.